The zero-order chi connectivity index (χ0) is 16.7. The summed E-state index contributed by atoms with van der Waals surface area (Å²) >= 11 is 5.83. The van der Waals surface area contributed by atoms with Gasteiger partial charge in [-0.15, -0.1) is 0 Å². The molecule has 0 aliphatic carbocycles. The smallest absolute Gasteiger partial charge is 0.318 e. The molecule has 120 valence electrons. The molecule has 0 fully saturated rings. The average molecular weight is 332 g/mol. The molecule has 0 atom stereocenters. The fourth-order valence-corrected chi connectivity index (χ4v) is 2.09. The molecule has 0 aliphatic heterocycles. The van der Waals surface area contributed by atoms with Gasteiger partial charge in [0.15, 0.2) is 0 Å². The van der Waals surface area contributed by atoms with E-state index in [1.54, 1.807) is 31.3 Å². The van der Waals surface area contributed by atoms with Crippen molar-refractivity contribution in [3.05, 3.63) is 59.1 Å². The molecule has 5 nitrogen and oxygen atoms in total. The van der Waals surface area contributed by atoms with E-state index in [0.717, 1.165) is 5.56 Å². The SMILES string of the molecule is CNC(=O)Nc1ccc(NC(=O)CCc2ccc(Cl)cc2)cc1. The van der Waals surface area contributed by atoms with Crippen LogP contribution >= 0.6 is 11.6 Å². The predicted octanol–water partition coefficient (Wildman–Crippen LogP) is 3.66. The molecule has 0 saturated heterocycles. The van der Waals surface area contributed by atoms with Gasteiger partial charge in [0.1, 0.15) is 0 Å². The Kier molecular flexibility index (Phi) is 6.00. The summed E-state index contributed by atoms with van der Waals surface area (Å²) < 4.78 is 0. The third-order valence-corrected chi connectivity index (χ3v) is 3.46. The second kappa shape index (κ2) is 8.19. The minimum absolute atomic E-state index is 0.0630. The highest BCUT2D eigenvalue weighted by Crippen LogP contribution is 2.15. The van der Waals surface area contributed by atoms with Crippen molar-refractivity contribution >= 4 is 34.9 Å². The van der Waals surface area contributed by atoms with Crippen molar-refractivity contribution < 1.29 is 9.59 Å². The number of hydrogen-bond acceptors (Lipinski definition) is 2. The second-order valence-electron chi connectivity index (χ2n) is 4.96. The van der Waals surface area contributed by atoms with Crippen LogP contribution < -0.4 is 16.0 Å². The number of anilines is 2. The summed E-state index contributed by atoms with van der Waals surface area (Å²) in [5, 5.41) is 8.63. The Morgan fingerprint density at radius 1 is 0.913 bits per heavy atom. The maximum Gasteiger partial charge on any atom is 0.318 e. The van der Waals surface area contributed by atoms with Crippen LogP contribution in [0.2, 0.25) is 5.02 Å². The third-order valence-electron chi connectivity index (χ3n) is 3.21. The molecular formula is C17H18ClN3O2. The van der Waals surface area contributed by atoms with Gasteiger partial charge in [0.05, 0.1) is 0 Å². The van der Waals surface area contributed by atoms with Crippen LogP contribution in [0, 0.1) is 0 Å². The van der Waals surface area contributed by atoms with Crippen LogP contribution in [0.25, 0.3) is 0 Å². The molecular weight excluding hydrogens is 314 g/mol. The Bertz CT molecular complexity index is 669. The molecule has 0 aliphatic rings. The van der Waals surface area contributed by atoms with E-state index in [1.165, 1.54) is 0 Å². The largest absolute Gasteiger partial charge is 0.341 e. The van der Waals surface area contributed by atoms with E-state index in [0.29, 0.717) is 29.2 Å². The predicted molar refractivity (Wildman–Crippen MR) is 92.9 cm³/mol. The van der Waals surface area contributed by atoms with Gasteiger partial charge < -0.3 is 16.0 Å². The van der Waals surface area contributed by atoms with Gasteiger partial charge >= 0.3 is 6.03 Å². The van der Waals surface area contributed by atoms with Crippen LogP contribution in [-0.4, -0.2) is 19.0 Å². The van der Waals surface area contributed by atoms with Crippen molar-refractivity contribution in [3.63, 3.8) is 0 Å². The number of aryl methyl sites for hydroxylation is 1. The Labute approximate surface area is 140 Å². The highest BCUT2D eigenvalue weighted by molar-refractivity contribution is 6.30. The van der Waals surface area contributed by atoms with Gasteiger partial charge in [0.25, 0.3) is 0 Å². The van der Waals surface area contributed by atoms with E-state index in [2.05, 4.69) is 16.0 Å². The minimum Gasteiger partial charge on any atom is -0.341 e. The lowest BCUT2D eigenvalue weighted by molar-refractivity contribution is -0.116. The maximum absolute atomic E-state index is 11.9. The molecule has 3 amide bonds. The Morgan fingerprint density at radius 3 is 2.04 bits per heavy atom. The van der Waals surface area contributed by atoms with E-state index in [-0.39, 0.29) is 11.9 Å². The number of benzene rings is 2. The molecule has 0 saturated carbocycles. The van der Waals surface area contributed by atoms with Gasteiger partial charge in [0.2, 0.25) is 5.91 Å². The van der Waals surface area contributed by atoms with E-state index < -0.39 is 0 Å². The molecule has 0 unspecified atom stereocenters. The van der Waals surface area contributed by atoms with Gasteiger partial charge in [-0.2, -0.15) is 0 Å². The first kappa shape index (κ1) is 16.8. The molecule has 2 aromatic carbocycles. The van der Waals surface area contributed by atoms with Gasteiger partial charge in [-0.25, -0.2) is 4.79 Å². The molecule has 6 heteroatoms. The molecule has 0 aromatic heterocycles. The van der Waals surface area contributed by atoms with Gasteiger partial charge in [0, 0.05) is 29.9 Å². The first-order valence-electron chi connectivity index (χ1n) is 7.20. The Morgan fingerprint density at radius 2 is 1.48 bits per heavy atom. The van der Waals surface area contributed by atoms with Crippen LogP contribution in [0.4, 0.5) is 16.2 Å². The van der Waals surface area contributed by atoms with Crippen molar-refractivity contribution in [1.82, 2.24) is 5.32 Å². The minimum atomic E-state index is -0.287. The van der Waals surface area contributed by atoms with Crippen molar-refractivity contribution in [1.29, 1.82) is 0 Å². The number of amides is 3. The number of nitrogens with one attached hydrogen (secondary N) is 3. The van der Waals surface area contributed by atoms with Crippen LogP contribution in [0.1, 0.15) is 12.0 Å². The quantitative estimate of drug-likeness (QED) is 0.782. The van der Waals surface area contributed by atoms with Gasteiger partial charge in [-0.05, 0) is 48.4 Å². The van der Waals surface area contributed by atoms with E-state index in [9.17, 15) is 9.59 Å². The van der Waals surface area contributed by atoms with E-state index in [4.69, 9.17) is 11.6 Å². The summed E-state index contributed by atoms with van der Waals surface area (Å²) in [6, 6.07) is 14.1. The van der Waals surface area contributed by atoms with Crippen molar-refractivity contribution in [2.75, 3.05) is 17.7 Å². The highest BCUT2D eigenvalue weighted by Gasteiger charge is 2.04. The average Bonchev–Trinajstić information content (AvgIpc) is 2.56. The van der Waals surface area contributed by atoms with Gasteiger partial charge in [-0.1, -0.05) is 23.7 Å². The molecule has 0 heterocycles. The Hall–Kier alpha value is -2.53. The molecule has 2 aromatic rings. The first-order chi connectivity index (χ1) is 11.1. The van der Waals surface area contributed by atoms with Crippen molar-refractivity contribution in [2.45, 2.75) is 12.8 Å². The lowest BCUT2D eigenvalue weighted by atomic mass is 10.1. The van der Waals surface area contributed by atoms with Crippen molar-refractivity contribution in [3.8, 4) is 0 Å². The van der Waals surface area contributed by atoms with Crippen LogP contribution in [-0.2, 0) is 11.2 Å². The highest BCUT2D eigenvalue weighted by atomic mass is 35.5. The summed E-state index contributed by atoms with van der Waals surface area (Å²) in [6.07, 6.45) is 1.04. The number of carbonyl (C=O) groups is 2. The normalized spacial score (nSPS) is 10.0. The zero-order valence-corrected chi connectivity index (χ0v) is 13.5. The summed E-state index contributed by atoms with van der Waals surface area (Å²) in [5.41, 5.74) is 2.41. The fraction of sp³-hybridized carbons (Fsp3) is 0.176. The number of rotatable bonds is 5. The number of carbonyl (C=O) groups excluding carboxylic acids is 2. The number of hydrogen-bond donors (Lipinski definition) is 3. The summed E-state index contributed by atoms with van der Waals surface area (Å²) in [4.78, 5) is 23.1. The number of urea groups is 1. The first-order valence-corrected chi connectivity index (χ1v) is 7.58. The summed E-state index contributed by atoms with van der Waals surface area (Å²) in [5.74, 6) is -0.0630. The number of halogens is 1. The van der Waals surface area contributed by atoms with E-state index >= 15 is 0 Å². The molecule has 2 rings (SSSR count). The standard InChI is InChI=1S/C17H18ClN3O2/c1-19-17(23)21-15-9-7-14(8-10-15)20-16(22)11-4-12-2-5-13(18)6-3-12/h2-3,5-10H,4,11H2,1H3,(H,20,22)(H2,19,21,23). The van der Waals surface area contributed by atoms with Crippen molar-refractivity contribution in [2.24, 2.45) is 0 Å². The fourth-order valence-electron chi connectivity index (χ4n) is 1.96. The Balaban J connectivity index is 1.82. The van der Waals surface area contributed by atoms with Crippen LogP contribution in [0.15, 0.2) is 48.5 Å². The van der Waals surface area contributed by atoms with E-state index in [1.807, 2.05) is 24.3 Å². The zero-order valence-electron chi connectivity index (χ0n) is 12.7. The lowest BCUT2D eigenvalue weighted by Crippen LogP contribution is -2.24. The molecule has 23 heavy (non-hydrogen) atoms. The third kappa shape index (κ3) is 5.64. The molecule has 0 spiro atoms. The topological polar surface area (TPSA) is 70.2 Å². The lowest BCUT2D eigenvalue weighted by Gasteiger charge is -2.08. The van der Waals surface area contributed by atoms with Crippen LogP contribution in [0.5, 0.6) is 0 Å². The van der Waals surface area contributed by atoms with Gasteiger partial charge in [-0.3, -0.25) is 4.79 Å². The summed E-state index contributed by atoms with van der Waals surface area (Å²) in [7, 11) is 1.55. The monoisotopic (exact) mass is 331 g/mol. The molecule has 3 N–H and O–H groups in total. The summed E-state index contributed by atoms with van der Waals surface area (Å²) in [6.45, 7) is 0. The second-order valence-corrected chi connectivity index (χ2v) is 5.39. The molecule has 0 radical (unpaired) electrons. The van der Waals surface area contributed by atoms with Crippen LogP contribution in [0.3, 0.4) is 0 Å². The molecule has 0 bridgehead atoms. The maximum atomic E-state index is 11.9.